The number of nitrogens with one attached hydrogen (secondary N) is 4. The molecule has 0 atom stereocenters. The predicted molar refractivity (Wildman–Crippen MR) is 160 cm³/mol. The van der Waals surface area contributed by atoms with Gasteiger partial charge in [-0.25, -0.2) is 9.37 Å². The van der Waals surface area contributed by atoms with Gasteiger partial charge in [0, 0.05) is 37.5 Å². The monoisotopic (exact) mass is 584 g/mol. The Morgan fingerprint density at radius 1 is 0.930 bits per heavy atom. The van der Waals surface area contributed by atoms with E-state index in [1.165, 1.54) is 32.4 Å². The normalized spacial score (nSPS) is 12.8. The Kier molecular flexibility index (Phi) is 8.70. The highest BCUT2D eigenvalue weighted by molar-refractivity contribution is 6.08. The number of nitrogens with zero attached hydrogens (tertiary/aromatic N) is 4. The van der Waals surface area contributed by atoms with Crippen molar-refractivity contribution < 1.29 is 23.5 Å². The van der Waals surface area contributed by atoms with Crippen LogP contribution in [-0.2, 0) is 4.79 Å². The van der Waals surface area contributed by atoms with Crippen molar-refractivity contribution in [3.05, 3.63) is 83.9 Å². The molecule has 13 heteroatoms. The Morgan fingerprint density at radius 2 is 1.74 bits per heavy atom. The van der Waals surface area contributed by atoms with Crippen molar-refractivity contribution in [2.45, 2.75) is 19.3 Å². The van der Waals surface area contributed by atoms with E-state index in [1.807, 2.05) is 0 Å². The van der Waals surface area contributed by atoms with Gasteiger partial charge in [-0.1, -0.05) is 6.07 Å². The Labute approximate surface area is 246 Å². The first-order chi connectivity index (χ1) is 20.9. The van der Waals surface area contributed by atoms with E-state index in [4.69, 9.17) is 4.74 Å². The van der Waals surface area contributed by atoms with E-state index in [9.17, 15) is 18.8 Å². The topological polar surface area (TPSA) is 150 Å². The summed E-state index contributed by atoms with van der Waals surface area (Å²) < 4.78 is 18.9. The summed E-state index contributed by atoms with van der Waals surface area (Å²) in [4.78, 5) is 43.8. The van der Waals surface area contributed by atoms with Crippen LogP contribution in [0.3, 0.4) is 0 Å². The second kappa shape index (κ2) is 12.9. The average Bonchev–Trinajstić information content (AvgIpc) is 3.02. The van der Waals surface area contributed by atoms with Gasteiger partial charge in [0.2, 0.25) is 5.91 Å². The number of rotatable bonds is 9. The molecule has 0 saturated carbocycles. The van der Waals surface area contributed by atoms with Gasteiger partial charge in [0.15, 0.2) is 17.3 Å². The maximum atomic E-state index is 13.3. The number of aromatic nitrogens is 3. The maximum Gasteiger partial charge on any atom is 0.273 e. The van der Waals surface area contributed by atoms with Gasteiger partial charge in [0.05, 0.1) is 30.2 Å². The smallest absolute Gasteiger partial charge is 0.273 e. The van der Waals surface area contributed by atoms with Crippen LogP contribution in [0.25, 0.3) is 0 Å². The molecule has 0 unspecified atom stereocenters. The van der Waals surface area contributed by atoms with Crippen molar-refractivity contribution >= 4 is 52.1 Å². The molecule has 12 nitrogen and oxygen atoms in total. The third-order valence-electron chi connectivity index (χ3n) is 6.71. The maximum absolute atomic E-state index is 13.3. The molecule has 4 aromatic rings. The number of carbonyl (C=O) groups is 3. The van der Waals surface area contributed by atoms with Crippen LogP contribution in [0.1, 0.15) is 40.1 Å². The third kappa shape index (κ3) is 6.67. The molecule has 1 fully saturated rings. The standard InChI is InChI=1S/C30H29FN8O4/c1-32-30(42)27-23(16-25(37-38-27)36-24-14-9-18(31)17-33-24)35-22-7-5-6-21(28(22)43-2)29(41)34-19-10-12-20(13-11-19)39-15-4-3-8-26(39)40/h5-7,9-14,16-17H,3-4,8,15H2,1-2H3,(H,32,42)(H,34,41)(H2,33,35,36,37). The number of pyridine rings is 1. The Bertz CT molecular complexity index is 1650. The van der Waals surface area contributed by atoms with E-state index in [1.54, 1.807) is 47.4 Å². The molecular formula is C30H29FN8O4. The van der Waals surface area contributed by atoms with Gasteiger partial charge < -0.3 is 30.9 Å². The molecule has 2 aromatic heterocycles. The van der Waals surface area contributed by atoms with Crippen LogP contribution in [-0.4, -0.2) is 53.6 Å². The summed E-state index contributed by atoms with van der Waals surface area (Å²) in [5, 5.41) is 19.5. The first kappa shape index (κ1) is 28.9. The highest BCUT2D eigenvalue weighted by atomic mass is 19.1. The van der Waals surface area contributed by atoms with Crippen LogP contribution in [0.5, 0.6) is 5.75 Å². The molecule has 3 amide bonds. The van der Waals surface area contributed by atoms with Crippen molar-refractivity contribution in [3.63, 3.8) is 0 Å². The summed E-state index contributed by atoms with van der Waals surface area (Å²) in [5.41, 5.74) is 2.21. The Morgan fingerprint density at radius 3 is 2.44 bits per heavy atom. The minimum Gasteiger partial charge on any atom is -0.494 e. The second-order valence-electron chi connectivity index (χ2n) is 9.57. The number of hydrogen-bond donors (Lipinski definition) is 4. The van der Waals surface area contributed by atoms with Gasteiger partial charge in [0.25, 0.3) is 11.8 Å². The average molecular weight is 585 g/mol. The van der Waals surface area contributed by atoms with Gasteiger partial charge in [-0.3, -0.25) is 14.4 Å². The number of carbonyl (C=O) groups excluding carboxylic acids is 3. The second-order valence-corrected chi connectivity index (χ2v) is 9.57. The number of benzene rings is 2. The van der Waals surface area contributed by atoms with E-state index >= 15 is 0 Å². The lowest BCUT2D eigenvalue weighted by molar-refractivity contribution is -0.119. The lowest BCUT2D eigenvalue weighted by atomic mass is 10.1. The molecular weight excluding hydrogens is 555 g/mol. The van der Waals surface area contributed by atoms with Crippen LogP contribution in [0.2, 0.25) is 0 Å². The van der Waals surface area contributed by atoms with Crippen LogP contribution >= 0.6 is 0 Å². The van der Waals surface area contributed by atoms with E-state index in [-0.39, 0.29) is 34.4 Å². The molecule has 2 aromatic carbocycles. The zero-order valence-electron chi connectivity index (χ0n) is 23.5. The number of amides is 3. The lowest BCUT2D eigenvalue weighted by Gasteiger charge is -2.26. The number of hydrogen-bond acceptors (Lipinski definition) is 9. The molecule has 1 saturated heterocycles. The first-order valence-corrected chi connectivity index (χ1v) is 13.5. The van der Waals surface area contributed by atoms with Crippen LogP contribution in [0, 0.1) is 5.82 Å². The van der Waals surface area contributed by atoms with Gasteiger partial charge in [-0.05, 0) is 61.4 Å². The summed E-state index contributed by atoms with van der Waals surface area (Å²) in [5.74, 6) is -0.537. The van der Waals surface area contributed by atoms with Crippen LogP contribution < -0.4 is 30.9 Å². The van der Waals surface area contributed by atoms with E-state index < -0.39 is 17.6 Å². The molecule has 0 spiro atoms. The summed E-state index contributed by atoms with van der Waals surface area (Å²) in [7, 11) is 2.89. The van der Waals surface area contributed by atoms with Gasteiger partial charge in [-0.2, -0.15) is 0 Å². The first-order valence-electron chi connectivity index (χ1n) is 13.5. The molecule has 0 aliphatic carbocycles. The van der Waals surface area contributed by atoms with Gasteiger partial charge in [-0.15, -0.1) is 10.2 Å². The zero-order chi connectivity index (χ0) is 30.3. The molecule has 220 valence electrons. The number of methoxy groups -OCH3 is 1. The van der Waals surface area contributed by atoms with Crippen molar-refractivity contribution in [1.29, 1.82) is 0 Å². The van der Waals surface area contributed by atoms with Gasteiger partial charge in [0.1, 0.15) is 11.6 Å². The number of halogens is 1. The third-order valence-corrected chi connectivity index (χ3v) is 6.71. The van der Waals surface area contributed by atoms with Crippen molar-refractivity contribution in [2.75, 3.05) is 41.6 Å². The minimum atomic E-state index is -0.496. The highest BCUT2D eigenvalue weighted by Crippen LogP contribution is 2.33. The highest BCUT2D eigenvalue weighted by Gasteiger charge is 2.21. The van der Waals surface area contributed by atoms with E-state index in [2.05, 4.69) is 36.4 Å². The Hall–Kier alpha value is -5.59. The molecule has 0 radical (unpaired) electrons. The van der Waals surface area contributed by atoms with Crippen molar-refractivity contribution in [3.8, 4) is 5.75 Å². The predicted octanol–water partition coefficient (Wildman–Crippen LogP) is 4.64. The SMILES string of the molecule is CNC(=O)c1nnc(Nc2ccc(F)cn2)cc1Nc1cccc(C(=O)Nc2ccc(N3CCCCC3=O)cc2)c1OC. The molecule has 5 rings (SSSR count). The fourth-order valence-electron chi connectivity index (χ4n) is 4.60. The molecule has 1 aliphatic heterocycles. The summed E-state index contributed by atoms with van der Waals surface area (Å²) in [6, 6.07) is 16.3. The van der Waals surface area contributed by atoms with Crippen LogP contribution in [0.15, 0.2) is 66.9 Å². The summed E-state index contributed by atoms with van der Waals surface area (Å²) in [6.07, 6.45) is 3.44. The van der Waals surface area contributed by atoms with Gasteiger partial charge >= 0.3 is 0 Å². The fraction of sp³-hybridized carbons (Fsp3) is 0.200. The van der Waals surface area contributed by atoms with Crippen molar-refractivity contribution in [2.24, 2.45) is 0 Å². The molecule has 0 bridgehead atoms. The number of anilines is 6. The quantitative estimate of drug-likeness (QED) is 0.221. The number of ether oxygens (including phenoxy) is 1. The van der Waals surface area contributed by atoms with E-state index in [0.29, 0.717) is 30.2 Å². The number of piperidine rings is 1. The largest absolute Gasteiger partial charge is 0.494 e. The molecule has 4 N–H and O–H groups in total. The van der Waals surface area contributed by atoms with E-state index in [0.717, 1.165) is 24.7 Å². The number of para-hydroxylation sites is 1. The summed E-state index contributed by atoms with van der Waals surface area (Å²) >= 11 is 0. The lowest BCUT2D eigenvalue weighted by Crippen LogP contribution is -2.35. The van der Waals surface area contributed by atoms with Crippen LogP contribution in [0.4, 0.5) is 38.8 Å². The minimum absolute atomic E-state index is 0.00991. The summed E-state index contributed by atoms with van der Waals surface area (Å²) in [6.45, 7) is 0.677. The molecule has 1 aliphatic rings. The molecule has 3 heterocycles. The fourth-order valence-corrected chi connectivity index (χ4v) is 4.60. The van der Waals surface area contributed by atoms with Crippen molar-refractivity contribution in [1.82, 2.24) is 20.5 Å². The Balaban J connectivity index is 1.38. The molecule has 43 heavy (non-hydrogen) atoms. The zero-order valence-corrected chi connectivity index (χ0v) is 23.5.